The molecule has 4 rings (SSSR count). The van der Waals surface area contributed by atoms with Gasteiger partial charge >= 0.3 is 5.97 Å². The maximum atomic E-state index is 14.1. The van der Waals surface area contributed by atoms with Crippen molar-refractivity contribution >= 4 is 11.9 Å². The second-order valence-electron chi connectivity index (χ2n) is 19.5. The van der Waals surface area contributed by atoms with Crippen molar-refractivity contribution in [2.75, 3.05) is 6.61 Å². The van der Waals surface area contributed by atoms with Gasteiger partial charge in [-0.2, -0.15) is 0 Å². The van der Waals surface area contributed by atoms with Gasteiger partial charge in [-0.3, -0.25) is 9.59 Å². The van der Waals surface area contributed by atoms with Crippen molar-refractivity contribution in [1.82, 2.24) is 5.32 Å². The average molecular weight is 992 g/mol. The molecule has 0 spiro atoms. The number of aliphatic hydroxyl groups excluding tert-OH is 9. The molecule has 3 heterocycles. The first-order valence-electron chi connectivity index (χ1n) is 24.7. The zero-order valence-electron chi connectivity index (χ0n) is 40.5. The number of carbonyl (C=O) groups excluding carboxylic acids is 2. The summed E-state index contributed by atoms with van der Waals surface area (Å²) in [5.41, 5.74) is 12.1. The van der Waals surface area contributed by atoms with Crippen LogP contribution in [0.2, 0.25) is 0 Å². The number of aliphatic hydroxyl groups is 10. The fraction of sp³-hybridized carbons (Fsp3) is 0.686. The molecule has 2 saturated heterocycles. The normalized spacial score (nSPS) is 44.3. The highest BCUT2D eigenvalue weighted by atomic mass is 16.7. The molecular formula is C51H81N3O16. The molecule has 15 N–H and O–H groups in total. The molecule has 0 aromatic carbocycles. The SMILES string of the molecule is C[C@H]1C[C@H](O)[C@@H](C)/C=C/C=C/C=C/C=C/C=C/C=C/C=C/C(O[C@@H]2OC[C@@H](O)[C@H](N)[C@@H]2O)C[C@@H]2OC(O)(C[C@@H](O)C[C@@H](O)C(O)CCC(O)CC(O)CC(=O)O1)C[C@H](O)[C@H]2C(=O)NC1CCC(N)CC1. The van der Waals surface area contributed by atoms with Gasteiger partial charge in [0.2, 0.25) is 5.91 Å². The molecule has 0 aromatic heterocycles. The lowest BCUT2D eigenvalue weighted by atomic mass is 9.81. The van der Waals surface area contributed by atoms with Crippen LogP contribution in [-0.4, -0.2) is 173 Å². The smallest absolute Gasteiger partial charge is 0.308 e. The Hall–Kier alpha value is -3.48. The molecule has 17 atom stereocenters. The molecule has 0 aromatic rings. The summed E-state index contributed by atoms with van der Waals surface area (Å²) < 4.78 is 23.5. The first kappa shape index (κ1) is 59.1. The Morgan fingerprint density at radius 2 is 1.26 bits per heavy atom. The Kier molecular flexibility index (Phi) is 25.2. The second kappa shape index (κ2) is 29.9. The van der Waals surface area contributed by atoms with E-state index in [2.05, 4.69) is 5.32 Å². The van der Waals surface area contributed by atoms with Crippen LogP contribution in [0.15, 0.2) is 85.1 Å². The zero-order chi connectivity index (χ0) is 51.4. The third-order valence-corrected chi connectivity index (χ3v) is 13.2. The molecular weight excluding hydrogens is 911 g/mol. The number of carbonyl (C=O) groups is 2. The number of allylic oxidation sites excluding steroid dienone is 12. The Labute approximate surface area is 411 Å². The number of rotatable bonds is 4. The monoisotopic (exact) mass is 992 g/mol. The predicted octanol–water partition coefficient (Wildman–Crippen LogP) is 0.379. The number of hydrogen-bond donors (Lipinski definition) is 13. The summed E-state index contributed by atoms with van der Waals surface area (Å²) in [7, 11) is 0. The molecule has 19 heteroatoms. The lowest BCUT2D eigenvalue weighted by molar-refractivity contribution is -0.304. The highest BCUT2D eigenvalue weighted by molar-refractivity contribution is 5.80. The Morgan fingerprint density at radius 3 is 1.89 bits per heavy atom. The van der Waals surface area contributed by atoms with Crippen LogP contribution in [0.5, 0.6) is 0 Å². The average Bonchev–Trinajstić information content (AvgIpc) is 3.27. The van der Waals surface area contributed by atoms with E-state index < -0.39 is 135 Å². The summed E-state index contributed by atoms with van der Waals surface area (Å²) in [5.74, 6) is -5.03. The van der Waals surface area contributed by atoms with Gasteiger partial charge in [0.05, 0.1) is 86.0 Å². The van der Waals surface area contributed by atoms with Crippen molar-refractivity contribution < 1.29 is 79.6 Å². The third-order valence-electron chi connectivity index (χ3n) is 13.2. The van der Waals surface area contributed by atoms with Crippen LogP contribution >= 0.6 is 0 Å². The van der Waals surface area contributed by atoms with Gasteiger partial charge in [0.25, 0.3) is 0 Å². The number of amides is 1. The van der Waals surface area contributed by atoms with Gasteiger partial charge in [-0.1, -0.05) is 92.0 Å². The van der Waals surface area contributed by atoms with Gasteiger partial charge in [-0.05, 0) is 51.9 Å². The van der Waals surface area contributed by atoms with Crippen molar-refractivity contribution in [3.63, 3.8) is 0 Å². The molecule has 1 amide bonds. The van der Waals surface area contributed by atoms with Crippen LogP contribution in [-0.2, 0) is 28.5 Å². The van der Waals surface area contributed by atoms with E-state index in [1.54, 1.807) is 55.5 Å². The summed E-state index contributed by atoms with van der Waals surface area (Å²) in [6.07, 6.45) is 8.71. The highest BCUT2D eigenvalue weighted by Crippen LogP contribution is 2.38. The molecule has 3 aliphatic heterocycles. The highest BCUT2D eigenvalue weighted by Gasteiger charge is 2.51. The van der Waals surface area contributed by atoms with E-state index >= 15 is 0 Å². The van der Waals surface area contributed by atoms with Gasteiger partial charge in [-0.25, -0.2) is 0 Å². The molecule has 3 fully saturated rings. The van der Waals surface area contributed by atoms with Crippen LogP contribution in [0.25, 0.3) is 0 Å². The summed E-state index contributed by atoms with van der Waals surface area (Å²) in [5, 5.41) is 112. The van der Waals surface area contributed by atoms with E-state index in [1.807, 2.05) is 43.4 Å². The van der Waals surface area contributed by atoms with Crippen molar-refractivity contribution in [1.29, 1.82) is 0 Å². The molecule has 1 aliphatic carbocycles. The lowest BCUT2D eigenvalue weighted by Crippen LogP contribution is -2.60. The fourth-order valence-electron chi connectivity index (χ4n) is 9.07. The van der Waals surface area contributed by atoms with Crippen LogP contribution in [0.4, 0.5) is 0 Å². The van der Waals surface area contributed by atoms with E-state index in [9.17, 15) is 60.7 Å². The summed E-state index contributed by atoms with van der Waals surface area (Å²) in [6, 6.07) is -1.32. The molecule has 5 unspecified atom stereocenters. The van der Waals surface area contributed by atoms with Crippen molar-refractivity contribution in [3.05, 3.63) is 85.1 Å². The third kappa shape index (κ3) is 20.6. The molecule has 70 heavy (non-hydrogen) atoms. The Balaban J connectivity index is 1.58. The predicted molar refractivity (Wildman–Crippen MR) is 259 cm³/mol. The Bertz CT molecular complexity index is 1790. The maximum absolute atomic E-state index is 14.1. The minimum atomic E-state index is -2.26. The minimum absolute atomic E-state index is 0.00807. The van der Waals surface area contributed by atoms with E-state index in [0.717, 1.165) is 0 Å². The van der Waals surface area contributed by atoms with Crippen LogP contribution in [0.3, 0.4) is 0 Å². The quantitative estimate of drug-likeness (QED) is 0.169. The number of ether oxygens (including phenoxy) is 4. The first-order valence-corrected chi connectivity index (χ1v) is 24.7. The lowest BCUT2D eigenvalue weighted by Gasteiger charge is -2.46. The zero-order valence-corrected chi connectivity index (χ0v) is 40.5. The first-order chi connectivity index (χ1) is 33.2. The number of fused-ring (bicyclic) bond motifs is 2. The van der Waals surface area contributed by atoms with Gasteiger partial charge in [0.15, 0.2) is 12.1 Å². The summed E-state index contributed by atoms with van der Waals surface area (Å²) in [6.45, 7) is 3.22. The van der Waals surface area contributed by atoms with E-state index in [-0.39, 0.29) is 56.7 Å². The van der Waals surface area contributed by atoms with E-state index in [0.29, 0.717) is 25.7 Å². The maximum Gasteiger partial charge on any atom is 0.308 e. The number of hydrogen-bond acceptors (Lipinski definition) is 18. The van der Waals surface area contributed by atoms with Crippen LogP contribution < -0.4 is 16.8 Å². The minimum Gasteiger partial charge on any atom is -0.462 e. The standard InChI is InChI=1S/C51H81N3O16/c1-31-15-13-11-9-7-5-3-4-6-8-10-12-14-16-38(69-50-48(64)47(53)43(62)30-67-50)27-44-46(49(65)54-34-19-17-33(52)18-20-34)42(61)29-51(66,70-44)28-37(57)25-41(60)39(58)22-21-35(55)24-36(56)26-45(63)68-32(2)23-40(31)59/h3-16,31-44,46-48,50,55-62,64,66H,17-30,52-53H2,1-2H3,(H,54,65)/b4-3+,7-5+,8-6+,11-9+,12-10+,15-13+,16-14+/t31-,32-,33?,34?,35?,36?,37-,38?,39?,40-,41+,42-,43+,44-,46+,47-,48-,50-,51?/m0/s1. The second-order valence-corrected chi connectivity index (χ2v) is 19.5. The van der Waals surface area contributed by atoms with Crippen molar-refractivity contribution in [3.8, 4) is 0 Å². The topological polar surface area (TPSA) is 337 Å². The molecule has 1 saturated carbocycles. The largest absolute Gasteiger partial charge is 0.462 e. The van der Waals surface area contributed by atoms with Gasteiger partial charge in [0, 0.05) is 50.1 Å². The number of esters is 1. The number of nitrogens with one attached hydrogen (secondary N) is 1. The van der Waals surface area contributed by atoms with Crippen molar-refractivity contribution in [2.45, 2.75) is 201 Å². The number of nitrogens with two attached hydrogens (primary N) is 2. The molecule has 396 valence electrons. The van der Waals surface area contributed by atoms with Gasteiger partial charge in [-0.15, -0.1) is 0 Å². The van der Waals surface area contributed by atoms with Gasteiger partial charge in [0.1, 0.15) is 12.2 Å². The van der Waals surface area contributed by atoms with E-state index in [4.69, 9.17) is 30.4 Å². The molecule has 4 aliphatic rings. The van der Waals surface area contributed by atoms with Gasteiger partial charge < -0.3 is 86.8 Å². The molecule has 19 nitrogen and oxygen atoms in total. The van der Waals surface area contributed by atoms with Crippen LogP contribution in [0, 0.1) is 11.8 Å². The number of cyclic esters (lactones) is 1. The Morgan fingerprint density at radius 1 is 0.657 bits per heavy atom. The summed E-state index contributed by atoms with van der Waals surface area (Å²) in [4.78, 5) is 26.6. The fourth-order valence-corrected chi connectivity index (χ4v) is 9.07. The molecule has 2 bridgehead atoms. The van der Waals surface area contributed by atoms with E-state index in [1.165, 1.54) is 0 Å². The molecule has 0 radical (unpaired) electrons. The van der Waals surface area contributed by atoms with Crippen molar-refractivity contribution in [2.24, 2.45) is 23.3 Å². The summed E-state index contributed by atoms with van der Waals surface area (Å²) >= 11 is 0. The van der Waals surface area contributed by atoms with Crippen LogP contribution in [0.1, 0.15) is 97.3 Å².